The minimum Gasteiger partial charge on any atom is -0.469 e. The number of ether oxygens (including phenoxy) is 2. The van der Waals surface area contributed by atoms with Crippen LogP contribution in [-0.4, -0.2) is 48.7 Å². The number of hydrogen-bond donors (Lipinski definition) is 2. The Morgan fingerprint density at radius 3 is 2.53 bits per heavy atom. The smallest absolute Gasteiger partial charge is 0.305 e. The van der Waals surface area contributed by atoms with Crippen LogP contribution < -0.4 is 0 Å². The summed E-state index contributed by atoms with van der Waals surface area (Å²) in [6.07, 6.45) is 12.1. The predicted octanol–water partition coefficient (Wildman–Crippen LogP) is 3.98. The molecule has 0 aromatic heterocycles. The van der Waals surface area contributed by atoms with E-state index in [1.807, 2.05) is 24.3 Å². The Kier molecular flexibility index (Phi) is 10.3. The van der Waals surface area contributed by atoms with Gasteiger partial charge in [0.25, 0.3) is 0 Å². The van der Waals surface area contributed by atoms with Crippen LogP contribution in [0.15, 0.2) is 54.6 Å². The normalized spacial score (nSPS) is 26.6. The molecule has 5 nitrogen and oxygen atoms in total. The molecule has 30 heavy (non-hydrogen) atoms. The third-order valence-corrected chi connectivity index (χ3v) is 5.94. The minimum atomic E-state index is -0.688. The summed E-state index contributed by atoms with van der Waals surface area (Å²) in [6.45, 7) is 0. The number of aliphatic hydroxyl groups is 2. The molecule has 0 bridgehead atoms. The molecule has 2 rings (SSSR count). The molecule has 0 amide bonds. The van der Waals surface area contributed by atoms with Crippen molar-refractivity contribution in [3.8, 4) is 0 Å². The maximum Gasteiger partial charge on any atom is 0.305 e. The van der Waals surface area contributed by atoms with Crippen LogP contribution in [0.5, 0.6) is 0 Å². The van der Waals surface area contributed by atoms with Crippen molar-refractivity contribution in [1.29, 1.82) is 0 Å². The highest BCUT2D eigenvalue weighted by Crippen LogP contribution is 2.45. The zero-order chi connectivity index (χ0) is 21.8. The average Bonchev–Trinajstić information content (AvgIpc) is 2.99. The number of allylic oxidation sites excluding steroid dienone is 3. The number of carbonyl (C=O) groups is 1. The fraction of sp³-hybridized carbons (Fsp3) is 0.560. The van der Waals surface area contributed by atoms with Crippen LogP contribution in [0.2, 0.25) is 0 Å². The Balaban J connectivity index is 1.95. The Hall–Kier alpha value is -1.95. The first-order chi connectivity index (χ1) is 14.5. The summed E-state index contributed by atoms with van der Waals surface area (Å²) in [5, 5.41) is 21.1. The van der Waals surface area contributed by atoms with E-state index in [1.54, 1.807) is 7.11 Å². The Labute approximate surface area is 180 Å². The van der Waals surface area contributed by atoms with Gasteiger partial charge in [-0.15, -0.1) is 0 Å². The standard InChI is InChI=1S/C25H36O5/c1-29-23(28)16-10-3-4-11-17-25(22(27)19-21(26)24(25)30-2)18-12-6-9-15-20-13-7-5-8-14-20/h4-5,7-8,11-14,18,21-22,24,26-27H,3,6,9-10,15-17,19H2,1-2H3/b11-4-,18-12+/t21-,22+,24+,25?/m1/s1. The second kappa shape index (κ2) is 12.7. The first-order valence-corrected chi connectivity index (χ1v) is 10.9. The van der Waals surface area contributed by atoms with E-state index in [0.717, 1.165) is 32.1 Å². The quantitative estimate of drug-likeness (QED) is 0.306. The van der Waals surface area contributed by atoms with Gasteiger partial charge in [-0.1, -0.05) is 54.6 Å². The van der Waals surface area contributed by atoms with Crippen molar-refractivity contribution in [3.05, 3.63) is 60.2 Å². The van der Waals surface area contributed by atoms with Gasteiger partial charge in [-0.25, -0.2) is 0 Å². The molecule has 1 aromatic rings. The highest BCUT2D eigenvalue weighted by atomic mass is 16.5. The molecule has 1 fully saturated rings. The largest absolute Gasteiger partial charge is 0.469 e. The summed E-state index contributed by atoms with van der Waals surface area (Å²) in [6, 6.07) is 10.4. The summed E-state index contributed by atoms with van der Waals surface area (Å²) >= 11 is 0. The topological polar surface area (TPSA) is 76.0 Å². The molecule has 1 unspecified atom stereocenters. The zero-order valence-electron chi connectivity index (χ0n) is 18.2. The number of methoxy groups -OCH3 is 2. The third-order valence-electron chi connectivity index (χ3n) is 5.94. The molecule has 0 saturated heterocycles. The highest BCUT2D eigenvalue weighted by molar-refractivity contribution is 5.69. The maximum atomic E-state index is 11.2. The van der Waals surface area contributed by atoms with E-state index in [1.165, 1.54) is 12.7 Å². The molecule has 2 N–H and O–H groups in total. The van der Waals surface area contributed by atoms with Gasteiger partial charge >= 0.3 is 5.97 Å². The molecule has 0 spiro atoms. The first kappa shape index (κ1) is 24.3. The van der Waals surface area contributed by atoms with Gasteiger partial charge in [0.15, 0.2) is 0 Å². The molecule has 5 heteroatoms. The molecular weight excluding hydrogens is 380 g/mol. The molecular formula is C25H36O5. The average molecular weight is 417 g/mol. The number of carbonyl (C=O) groups excluding carboxylic acids is 1. The maximum absolute atomic E-state index is 11.2. The number of unbranched alkanes of at least 4 members (excludes halogenated alkanes) is 2. The molecule has 1 aromatic carbocycles. The number of hydrogen-bond acceptors (Lipinski definition) is 5. The van der Waals surface area contributed by atoms with Crippen molar-refractivity contribution in [2.75, 3.05) is 14.2 Å². The van der Waals surface area contributed by atoms with Crippen molar-refractivity contribution in [3.63, 3.8) is 0 Å². The highest BCUT2D eigenvalue weighted by Gasteiger charge is 2.52. The second-order valence-corrected chi connectivity index (χ2v) is 8.01. The van der Waals surface area contributed by atoms with Crippen molar-refractivity contribution in [2.24, 2.45) is 5.41 Å². The molecule has 1 aliphatic carbocycles. The number of aliphatic hydroxyl groups excluding tert-OH is 2. The zero-order valence-corrected chi connectivity index (χ0v) is 18.2. The van der Waals surface area contributed by atoms with E-state index in [4.69, 9.17) is 4.74 Å². The van der Waals surface area contributed by atoms with E-state index in [0.29, 0.717) is 19.3 Å². The van der Waals surface area contributed by atoms with E-state index in [-0.39, 0.29) is 5.97 Å². The van der Waals surface area contributed by atoms with Gasteiger partial charge in [-0.3, -0.25) is 4.79 Å². The number of benzene rings is 1. The summed E-state index contributed by atoms with van der Waals surface area (Å²) in [5.74, 6) is -0.202. The van der Waals surface area contributed by atoms with Gasteiger partial charge in [0, 0.05) is 25.4 Å². The fourth-order valence-corrected chi connectivity index (χ4v) is 4.27. The number of rotatable bonds is 12. The third kappa shape index (κ3) is 6.79. The summed E-state index contributed by atoms with van der Waals surface area (Å²) in [4.78, 5) is 11.2. The Bertz CT molecular complexity index is 684. The monoisotopic (exact) mass is 416 g/mol. The van der Waals surface area contributed by atoms with Crippen molar-refractivity contribution >= 4 is 5.97 Å². The molecule has 0 aliphatic heterocycles. The second-order valence-electron chi connectivity index (χ2n) is 8.01. The van der Waals surface area contributed by atoms with Crippen LogP contribution in [0.25, 0.3) is 0 Å². The number of aryl methyl sites for hydroxylation is 1. The van der Waals surface area contributed by atoms with E-state index in [2.05, 4.69) is 35.1 Å². The van der Waals surface area contributed by atoms with Crippen LogP contribution in [0.4, 0.5) is 0 Å². The van der Waals surface area contributed by atoms with Crippen LogP contribution in [-0.2, 0) is 20.7 Å². The van der Waals surface area contributed by atoms with Crippen molar-refractivity contribution in [1.82, 2.24) is 0 Å². The summed E-state index contributed by atoms with van der Waals surface area (Å²) in [5.41, 5.74) is 0.682. The lowest BCUT2D eigenvalue weighted by Crippen LogP contribution is -2.40. The molecule has 0 heterocycles. The molecule has 166 valence electrons. The van der Waals surface area contributed by atoms with E-state index >= 15 is 0 Å². The van der Waals surface area contributed by atoms with Crippen molar-refractivity contribution in [2.45, 2.75) is 69.7 Å². The Morgan fingerprint density at radius 1 is 1.10 bits per heavy atom. The van der Waals surface area contributed by atoms with Gasteiger partial charge < -0.3 is 19.7 Å². The minimum absolute atomic E-state index is 0.202. The molecule has 0 radical (unpaired) electrons. The molecule has 1 saturated carbocycles. The Morgan fingerprint density at radius 2 is 1.83 bits per heavy atom. The molecule has 4 atom stereocenters. The van der Waals surface area contributed by atoms with Crippen LogP contribution in [0.1, 0.15) is 50.5 Å². The van der Waals surface area contributed by atoms with E-state index in [9.17, 15) is 15.0 Å². The van der Waals surface area contributed by atoms with Gasteiger partial charge in [0.2, 0.25) is 0 Å². The summed E-state index contributed by atoms with van der Waals surface area (Å²) in [7, 11) is 2.98. The molecule has 1 aliphatic rings. The van der Waals surface area contributed by atoms with Gasteiger partial charge in [0.05, 0.1) is 25.4 Å². The lowest BCUT2D eigenvalue weighted by molar-refractivity contribution is -0.140. The van der Waals surface area contributed by atoms with Crippen molar-refractivity contribution < 1.29 is 24.5 Å². The summed E-state index contributed by atoms with van der Waals surface area (Å²) < 4.78 is 10.3. The van der Waals surface area contributed by atoms with Crippen LogP contribution in [0, 0.1) is 5.41 Å². The lowest BCUT2D eigenvalue weighted by atomic mass is 9.77. The number of esters is 1. The van der Waals surface area contributed by atoms with Crippen LogP contribution in [0.3, 0.4) is 0 Å². The van der Waals surface area contributed by atoms with Gasteiger partial charge in [-0.05, 0) is 44.1 Å². The van der Waals surface area contributed by atoms with E-state index < -0.39 is 23.7 Å². The van der Waals surface area contributed by atoms with Crippen LogP contribution >= 0.6 is 0 Å². The van der Waals surface area contributed by atoms with Gasteiger partial charge in [0.1, 0.15) is 0 Å². The predicted molar refractivity (Wildman–Crippen MR) is 118 cm³/mol. The lowest BCUT2D eigenvalue weighted by Gasteiger charge is -2.34. The van der Waals surface area contributed by atoms with Gasteiger partial charge in [-0.2, -0.15) is 0 Å². The first-order valence-electron chi connectivity index (χ1n) is 10.9. The SMILES string of the molecule is COC(=O)CCC/C=C\CC1(/C=C/CCCc2ccccc2)[C@@H](O)C[C@@H](O)[C@@H]1OC. The fourth-order valence-electron chi connectivity index (χ4n) is 4.27.